The molecule has 3 aromatic rings. The third-order valence-electron chi connectivity index (χ3n) is 5.84. The number of ether oxygens (including phenoxy) is 1. The Morgan fingerprint density at radius 1 is 1.09 bits per heavy atom. The normalized spacial score (nSPS) is 15.4. The van der Waals surface area contributed by atoms with Crippen molar-refractivity contribution in [3.8, 4) is 11.8 Å². The van der Waals surface area contributed by atoms with Gasteiger partial charge in [0.25, 0.3) is 0 Å². The lowest BCUT2D eigenvalue weighted by atomic mass is 10.1. The van der Waals surface area contributed by atoms with Crippen molar-refractivity contribution in [3.05, 3.63) is 71.5 Å². The summed E-state index contributed by atoms with van der Waals surface area (Å²) in [6, 6.07) is 17.3. The van der Waals surface area contributed by atoms with Gasteiger partial charge in [0.05, 0.1) is 5.92 Å². The predicted molar refractivity (Wildman–Crippen MR) is 132 cm³/mol. The maximum Gasteiger partial charge on any atom is 0.322 e. The van der Waals surface area contributed by atoms with E-state index in [0.29, 0.717) is 18.0 Å². The van der Waals surface area contributed by atoms with Crippen molar-refractivity contribution in [2.45, 2.75) is 46.5 Å². The number of aryl methyl sites for hydroxylation is 3. The standard InChI is InChI=1S/C27H30N4O3/c1-4-5-7-20-10-12-23(13-11-20)31-17-21(15-25(31)32)26(33)30-22-8-6-9-24(16-22)34-27-28-18(2)14-19(3)29-27/h6,8-14,16,21H,4-5,7,15,17H2,1-3H3,(H,30,33). The van der Waals surface area contributed by atoms with Gasteiger partial charge in [0.15, 0.2) is 0 Å². The van der Waals surface area contributed by atoms with Crippen LogP contribution in [0.1, 0.15) is 43.1 Å². The van der Waals surface area contributed by atoms with Crippen molar-refractivity contribution < 1.29 is 14.3 Å². The van der Waals surface area contributed by atoms with E-state index in [0.717, 1.165) is 36.3 Å². The van der Waals surface area contributed by atoms with Crippen molar-refractivity contribution in [2.24, 2.45) is 5.92 Å². The number of nitrogens with zero attached hydrogens (tertiary/aromatic N) is 3. The molecule has 1 fully saturated rings. The molecule has 2 amide bonds. The number of rotatable bonds is 8. The summed E-state index contributed by atoms with van der Waals surface area (Å²) in [7, 11) is 0. The Morgan fingerprint density at radius 3 is 2.53 bits per heavy atom. The molecule has 1 aliphatic rings. The maximum atomic E-state index is 12.9. The summed E-state index contributed by atoms with van der Waals surface area (Å²) in [4.78, 5) is 35.8. The van der Waals surface area contributed by atoms with E-state index in [4.69, 9.17) is 4.74 Å². The van der Waals surface area contributed by atoms with Crippen LogP contribution in [0.25, 0.3) is 0 Å². The number of hydrogen-bond donors (Lipinski definition) is 1. The molecule has 34 heavy (non-hydrogen) atoms. The van der Waals surface area contributed by atoms with Crippen LogP contribution < -0.4 is 15.0 Å². The van der Waals surface area contributed by atoms with Gasteiger partial charge < -0.3 is 15.0 Å². The lowest BCUT2D eigenvalue weighted by molar-refractivity contribution is -0.122. The molecule has 1 unspecified atom stereocenters. The highest BCUT2D eigenvalue weighted by atomic mass is 16.5. The van der Waals surface area contributed by atoms with Crippen LogP contribution in [-0.4, -0.2) is 28.3 Å². The fourth-order valence-corrected chi connectivity index (χ4v) is 4.08. The summed E-state index contributed by atoms with van der Waals surface area (Å²) in [5.41, 5.74) is 4.33. The molecular weight excluding hydrogens is 428 g/mol. The first-order chi connectivity index (χ1) is 16.4. The number of benzene rings is 2. The minimum atomic E-state index is -0.417. The zero-order valence-electron chi connectivity index (χ0n) is 19.9. The topological polar surface area (TPSA) is 84.4 Å². The Morgan fingerprint density at radius 2 is 1.82 bits per heavy atom. The number of carbonyl (C=O) groups excluding carboxylic acids is 2. The Hall–Kier alpha value is -3.74. The molecule has 1 aromatic heterocycles. The summed E-state index contributed by atoms with van der Waals surface area (Å²) < 4.78 is 5.78. The van der Waals surface area contributed by atoms with E-state index >= 15 is 0 Å². The van der Waals surface area contributed by atoms with Gasteiger partial charge in [-0.25, -0.2) is 9.97 Å². The zero-order valence-corrected chi connectivity index (χ0v) is 19.9. The first kappa shape index (κ1) is 23.4. The van der Waals surface area contributed by atoms with Crippen molar-refractivity contribution in [3.63, 3.8) is 0 Å². The third-order valence-corrected chi connectivity index (χ3v) is 5.84. The summed E-state index contributed by atoms with van der Waals surface area (Å²) >= 11 is 0. The Labute approximate surface area is 200 Å². The second kappa shape index (κ2) is 10.5. The third kappa shape index (κ3) is 5.78. The number of carbonyl (C=O) groups is 2. The largest absolute Gasteiger partial charge is 0.424 e. The van der Waals surface area contributed by atoms with Crippen LogP contribution in [0.3, 0.4) is 0 Å². The van der Waals surface area contributed by atoms with Crippen LogP contribution in [0.5, 0.6) is 11.8 Å². The van der Waals surface area contributed by atoms with Crippen LogP contribution in [0, 0.1) is 19.8 Å². The number of aromatic nitrogens is 2. The summed E-state index contributed by atoms with van der Waals surface area (Å²) in [6.45, 7) is 6.30. The molecule has 0 radical (unpaired) electrons. The smallest absolute Gasteiger partial charge is 0.322 e. The SMILES string of the molecule is CCCCc1ccc(N2CC(C(=O)Nc3cccc(Oc4nc(C)cc(C)n4)c3)CC2=O)cc1. The molecular formula is C27H30N4O3. The molecule has 2 aromatic carbocycles. The van der Waals surface area contributed by atoms with Crippen molar-refractivity contribution >= 4 is 23.2 Å². The fourth-order valence-electron chi connectivity index (χ4n) is 4.08. The fraction of sp³-hybridized carbons (Fsp3) is 0.333. The van der Waals surface area contributed by atoms with E-state index < -0.39 is 5.92 Å². The van der Waals surface area contributed by atoms with Crippen LogP contribution in [0.15, 0.2) is 54.6 Å². The number of amides is 2. The highest BCUT2D eigenvalue weighted by Crippen LogP contribution is 2.28. The molecule has 1 N–H and O–H groups in total. The number of unbranched alkanes of at least 4 members (excludes halogenated alkanes) is 1. The summed E-state index contributed by atoms with van der Waals surface area (Å²) in [5.74, 6) is -0.115. The van der Waals surface area contributed by atoms with Crippen molar-refractivity contribution in [1.82, 2.24) is 9.97 Å². The molecule has 4 rings (SSSR count). The quantitative estimate of drug-likeness (QED) is 0.500. The van der Waals surface area contributed by atoms with Gasteiger partial charge >= 0.3 is 6.01 Å². The van der Waals surface area contributed by atoms with Gasteiger partial charge in [-0.3, -0.25) is 9.59 Å². The van der Waals surface area contributed by atoms with E-state index in [1.54, 1.807) is 29.2 Å². The number of anilines is 2. The van der Waals surface area contributed by atoms with Gasteiger partial charge in [-0.15, -0.1) is 0 Å². The maximum absolute atomic E-state index is 12.9. The van der Waals surface area contributed by atoms with Gasteiger partial charge in [0, 0.05) is 41.8 Å². The molecule has 7 heteroatoms. The van der Waals surface area contributed by atoms with E-state index in [2.05, 4.69) is 34.3 Å². The second-order valence-corrected chi connectivity index (χ2v) is 8.73. The highest BCUT2D eigenvalue weighted by molar-refractivity contribution is 6.03. The summed E-state index contributed by atoms with van der Waals surface area (Å²) in [5, 5.41) is 2.92. The minimum absolute atomic E-state index is 0.0366. The zero-order chi connectivity index (χ0) is 24.1. The van der Waals surface area contributed by atoms with Gasteiger partial charge in [0.1, 0.15) is 5.75 Å². The van der Waals surface area contributed by atoms with Crippen molar-refractivity contribution in [2.75, 3.05) is 16.8 Å². The highest BCUT2D eigenvalue weighted by Gasteiger charge is 2.35. The molecule has 7 nitrogen and oxygen atoms in total. The molecule has 1 aliphatic heterocycles. The predicted octanol–water partition coefficient (Wildman–Crippen LogP) is 5.22. The minimum Gasteiger partial charge on any atom is -0.424 e. The second-order valence-electron chi connectivity index (χ2n) is 8.73. The number of nitrogens with one attached hydrogen (secondary N) is 1. The van der Waals surface area contributed by atoms with Crippen LogP contribution >= 0.6 is 0 Å². The number of hydrogen-bond acceptors (Lipinski definition) is 5. The van der Waals surface area contributed by atoms with Gasteiger partial charge in [-0.05, 0) is 62.6 Å². The summed E-state index contributed by atoms with van der Waals surface area (Å²) in [6.07, 6.45) is 3.52. The van der Waals surface area contributed by atoms with E-state index in [-0.39, 0.29) is 24.2 Å². The average Bonchev–Trinajstić information content (AvgIpc) is 3.19. The molecule has 0 aliphatic carbocycles. The van der Waals surface area contributed by atoms with Crippen LogP contribution in [-0.2, 0) is 16.0 Å². The monoisotopic (exact) mass is 458 g/mol. The Balaban J connectivity index is 1.38. The molecule has 0 saturated carbocycles. The van der Waals surface area contributed by atoms with E-state index in [1.165, 1.54) is 5.56 Å². The van der Waals surface area contributed by atoms with Gasteiger partial charge in [0.2, 0.25) is 11.8 Å². The first-order valence-corrected chi connectivity index (χ1v) is 11.7. The van der Waals surface area contributed by atoms with Gasteiger partial charge in [-0.2, -0.15) is 0 Å². The van der Waals surface area contributed by atoms with E-state index in [1.807, 2.05) is 32.0 Å². The van der Waals surface area contributed by atoms with Crippen LogP contribution in [0.2, 0.25) is 0 Å². The van der Waals surface area contributed by atoms with Gasteiger partial charge in [-0.1, -0.05) is 31.5 Å². The molecule has 1 saturated heterocycles. The van der Waals surface area contributed by atoms with E-state index in [9.17, 15) is 9.59 Å². The molecule has 0 spiro atoms. The lowest BCUT2D eigenvalue weighted by Crippen LogP contribution is -2.28. The average molecular weight is 459 g/mol. The first-order valence-electron chi connectivity index (χ1n) is 11.7. The Bertz CT molecular complexity index is 1160. The Kier molecular flexibility index (Phi) is 7.21. The molecule has 176 valence electrons. The van der Waals surface area contributed by atoms with Crippen LogP contribution in [0.4, 0.5) is 11.4 Å². The van der Waals surface area contributed by atoms with Crippen molar-refractivity contribution in [1.29, 1.82) is 0 Å². The molecule has 0 bridgehead atoms. The molecule has 2 heterocycles. The lowest BCUT2D eigenvalue weighted by Gasteiger charge is -2.17. The molecule has 1 atom stereocenters.